The molecule has 1 aliphatic heterocycles. The fourth-order valence-electron chi connectivity index (χ4n) is 2.34. The van der Waals surface area contributed by atoms with Crippen LogP contribution in [0.25, 0.3) is 0 Å². The van der Waals surface area contributed by atoms with Crippen LogP contribution in [0.15, 0.2) is 12.3 Å². The van der Waals surface area contributed by atoms with Crippen LogP contribution in [0.5, 0.6) is 0 Å². The summed E-state index contributed by atoms with van der Waals surface area (Å²) in [5, 5.41) is 10.8. The normalized spacial score (nSPS) is 21.8. The standard InChI is InChI=1S/C12H14ClN3O4/c1-7-9(4-6-20-7)15(2)12(17)8-3-5-14-11(13)10(8)16(18)19/h3,5,7,9H,4,6H2,1-2H3. The van der Waals surface area contributed by atoms with Gasteiger partial charge in [-0.05, 0) is 19.4 Å². The second-order valence-electron chi connectivity index (χ2n) is 4.60. The highest BCUT2D eigenvalue weighted by atomic mass is 35.5. The molecule has 108 valence electrons. The quantitative estimate of drug-likeness (QED) is 0.483. The van der Waals surface area contributed by atoms with E-state index in [1.54, 1.807) is 7.05 Å². The van der Waals surface area contributed by atoms with Crippen molar-refractivity contribution in [3.8, 4) is 0 Å². The zero-order valence-corrected chi connectivity index (χ0v) is 11.8. The number of carbonyl (C=O) groups is 1. The van der Waals surface area contributed by atoms with Gasteiger partial charge in [0, 0.05) is 19.9 Å². The summed E-state index contributed by atoms with van der Waals surface area (Å²) in [4.78, 5) is 27.9. The minimum absolute atomic E-state index is 0.0587. The zero-order valence-electron chi connectivity index (χ0n) is 11.1. The van der Waals surface area contributed by atoms with Crippen LogP contribution >= 0.6 is 11.6 Å². The van der Waals surface area contributed by atoms with Crippen molar-refractivity contribution >= 4 is 23.2 Å². The number of halogens is 1. The Balaban J connectivity index is 2.34. The molecule has 0 radical (unpaired) electrons. The predicted octanol–water partition coefficient (Wildman–Crippen LogP) is 1.89. The number of nitro groups is 1. The lowest BCUT2D eigenvalue weighted by Crippen LogP contribution is -2.41. The second kappa shape index (κ2) is 5.72. The van der Waals surface area contributed by atoms with E-state index in [2.05, 4.69) is 4.98 Å². The molecule has 2 unspecified atom stereocenters. The van der Waals surface area contributed by atoms with Gasteiger partial charge in [0.15, 0.2) is 0 Å². The van der Waals surface area contributed by atoms with Gasteiger partial charge in [0.05, 0.1) is 17.1 Å². The van der Waals surface area contributed by atoms with Crippen molar-refractivity contribution in [1.29, 1.82) is 0 Å². The number of amides is 1. The molecule has 20 heavy (non-hydrogen) atoms. The molecule has 0 aliphatic carbocycles. The van der Waals surface area contributed by atoms with Gasteiger partial charge < -0.3 is 9.64 Å². The first kappa shape index (κ1) is 14.7. The minimum Gasteiger partial charge on any atom is -0.376 e. The Morgan fingerprint density at radius 3 is 2.90 bits per heavy atom. The number of hydrogen-bond acceptors (Lipinski definition) is 5. The molecule has 1 aromatic rings. The number of likely N-dealkylation sites (N-methyl/N-ethyl adjacent to an activating group) is 1. The highest BCUT2D eigenvalue weighted by Gasteiger charge is 2.34. The molecule has 0 bridgehead atoms. The molecule has 0 saturated carbocycles. The van der Waals surface area contributed by atoms with Crippen molar-refractivity contribution in [1.82, 2.24) is 9.88 Å². The number of aromatic nitrogens is 1. The fraction of sp³-hybridized carbons (Fsp3) is 0.500. The molecule has 1 aliphatic rings. The van der Waals surface area contributed by atoms with E-state index in [0.717, 1.165) is 0 Å². The van der Waals surface area contributed by atoms with Gasteiger partial charge >= 0.3 is 5.69 Å². The van der Waals surface area contributed by atoms with Gasteiger partial charge in [0.2, 0.25) is 5.15 Å². The first-order valence-electron chi connectivity index (χ1n) is 6.11. The molecule has 1 fully saturated rings. The predicted molar refractivity (Wildman–Crippen MR) is 71.8 cm³/mol. The van der Waals surface area contributed by atoms with E-state index in [1.165, 1.54) is 17.2 Å². The molecular weight excluding hydrogens is 286 g/mol. The Morgan fingerprint density at radius 1 is 1.65 bits per heavy atom. The van der Waals surface area contributed by atoms with E-state index in [-0.39, 0.29) is 22.9 Å². The minimum atomic E-state index is -0.690. The van der Waals surface area contributed by atoms with E-state index in [4.69, 9.17) is 16.3 Å². The third-order valence-corrected chi connectivity index (χ3v) is 3.72. The fourth-order valence-corrected chi connectivity index (χ4v) is 2.57. The summed E-state index contributed by atoms with van der Waals surface area (Å²) in [5.41, 5.74) is -0.519. The van der Waals surface area contributed by atoms with Gasteiger partial charge in [0.25, 0.3) is 5.91 Å². The topological polar surface area (TPSA) is 85.6 Å². The molecule has 2 rings (SSSR count). The summed E-state index contributed by atoms with van der Waals surface area (Å²) >= 11 is 5.71. The first-order chi connectivity index (χ1) is 9.43. The lowest BCUT2D eigenvalue weighted by molar-refractivity contribution is -0.385. The molecule has 0 N–H and O–H groups in total. The molecular formula is C12H14ClN3O4. The molecule has 1 aromatic heterocycles. The summed E-state index contributed by atoms with van der Waals surface area (Å²) in [6.45, 7) is 2.44. The lowest BCUT2D eigenvalue weighted by Gasteiger charge is -2.26. The maximum atomic E-state index is 12.4. The van der Waals surface area contributed by atoms with Gasteiger partial charge in [0.1, 0.15) is 5.56 Å². The zero-order chi connectivity index (χ0) is 14.9. The van der Waals surface area contributed by atoms with E-state index in [9.17, 15) is 14.9 Å². The third kappa shape index (κ3) is 2.59. The van der Waals surface area contributed by atoms with Crippen molar-refractivity contribution in [2.24, 2.45) is 0 Å². The van der Waals surface area contributed by atoms with E-state index >= 15 is 0 Å². The molecule has 2 atom stereocenters. The van der Waals surface area contributed by atoms with Crippen molar-refractivity contribution in [2.45, 2.75) is 25.5 Å². The number of rotatable bonds is 3. The van der Waals surface area contributed by atoms with Gasteiger partial charge in [-0.1, -0.05) is 11.6 Å². The van der Waals surface area contributed by atoms with Gasteiger partial charge in [-0.15, -0.1) is 0 Å². The molecule has 1 saturated heterocycles. The molecule has 1 amide bonds. The van der Waals surface area contributed by atoms with Crippen LogP contribution in [-0.2, 0) is 4.74 Å². The maximum Gasteiger partial charge on any atom is 0.319 e. The van der Waals surface area contributed by atoms with E-state index in [1.807, 2.05) is 6.92 Å². The van der Waals surface area contributed by atoms with E-state index in [0.29, 0.717) is 13.0 Å². The number of pyridine rings is 1. The van der Waals surface area contributed by atoms with Crippen LogP contribution in [0.2, 0.25) is 5.15 Å². The SMILES string of the molecule is CC1OCCC1N(C)C(=O)c1ccnc(Cl)c1[N+](=O)[O-]. The average molecular weight is 300 g/mol. The Hall–Kier alpha value is -1.73. The molecule has 0 spiro atoms. The van der Waals surface area contributed by atoms with Gasteiger partial charge in [-0.25, -0.2) is 4.98 Å². The molecule has 0 aromatic carbocycles. The van der Waals surface area contributed by atoms with Crippen LogP contribution in [0.4, 0.5) is 5.69 Å². The maximum absolute atomic E-state index is 12.4. The lowest BCUT2D eigenvalue weighted by atomic mass is 10.1. The third-order valence-electron chi connectivity index (χ3n) is 3.45. The highest BCUT2D eigenvalue weighted by molar-refractivity contribution is 6.32. The summed E-state index contributed by atoms with van der Waals surface area (Å²) in [6, 6.07) is 1.21. The second-order valence-corrected chi connectivity index (χ2v) is 4.96. The Kier molecular flexibility index (Phi) is 4.20. The first-order valence-corrected chi connectivity index (χ1v) is 6.49. The molecule has 7 nitrogen and oxygen atoms in total. The monoisotopic (exact) mass is 299 g/mol. The van der Waals surface area contributed by atoms with Crippen molar-refractivity contribution in [3.05, 3.63) is 33.1 Å². The average Bonchev–Trinajstić information content (AvgIpc) is 2.82. The van der Waals surface area contributed by atoms with Crippen molar-refractivity contribution in [2.75, 3.05) is 13.7 Å². The Morgan fingerprint density at radius 2 is 2.35 bits per heavy atom. The smallest absolute Gasteiger partial charge is 0.319 e. The van der Waals surface area contributed by atoms with Crippen molar-refractivity contribution in [3.63, 3.8) is 0 Å². The van der Waals surface area contributed by atoms with Crippen LogP contribution in [0.1, 0.15) is 23.7 Å². The van der Waals surface area contributed by atoms with Crippen LogP contribution in [0, 0.1) is 10.1 Å². The largest absolute Gasteiger partial charge is 0.376 e. The molecule has 2 heterocycles. The number of hydrogen-bond donors (Lipinski definition) is 0. The Bertz CT molecular complexity index is 552. The molecule has 8 heteroatoms. The number of nitrogens with zero attached hydrogens (tertiary/aromatic N) is 3. The summed E-state index contributed by atoms with van der Waals surface area (Å²) in [5.74, 6) is -0.455. The summed E-state index contributed by atoms with van der Waals surface area (Å²) < 4.78 is 5.41. The Labute approximate surface area is 120 Å². The summed E-state index contributed by atoms with van der Waals surface area (Å²) in [6.07, 6.45) is 1.89. The van der Waals surface area contributed by atoms with Crippen molar-refractivity contribution < 1.29 is 14.5 Å². The van der Waals surface area contributed by atoms with Gasteiger partial charge in [-0.3, -0.25) is 14.9 Å². The van der Waals surface area contributed by atoms with Crippen LogP contribution in [-0.4, -0.2) is 46.5 Å². The highest BCUT2D eigenvalue weighted by Crippen LogP contribution is 2.28. The van der Waals surface area contributed by atoms with Gasteiger partial charge in [-0.2, -0.15) is 0 Å². The number of carbonyl (C=O) groups excluding carboxylic acids is 1. The number of ether oxygens (including phenoxy) is 1. The summed E-state index contributed by atoms with van der Waals surface area (Å²) in [7, 11) is 1.61. The van der Waals surface area contributed by atoms with Crippen LogP contribution in [0.3, 0.4) is 0 Å². The van der Waals surface area contributed by atoms with Crippen LogP contribution < -0.4 is 0 Å². The van der Waals surface area contributed by atoms with E-state index < -0.39 is 16.5 Å².